The molecule has 2 aromatic rings. The van der Waals surface area contributed by atoms with Gasteiger partial charge < -0.3 is 14.6 Å². The topological polar surface area (TPSA) is 38.7 Å². The third kappa shape index (κ3) is 7.29. The van der Waals surface area contributed by atoms with Crippen LogP contribution in [0.15, 0.2) is 48.5 Å². The molecule has 0 bridgehead atoms. The van der Waals surface area contributed by atoms with Crippen LogP contribution in [0.5, 0.6) is 5.75 Å². The molecular weight excluding hydrogens is 348 g/mol. The first-order valence-electron chi connectivity index (χ1n) is 10.9. The molecule has 1 atom stereocenters. The third-order valence-corrected chi connectivity index (χ3v) is 5.46. The molecule has 1 aliphatic heterocycles. The lowest BCUT2D eigenvalue weighted by Crippen LogP contribution is -2.22. The normalized spacial score (nSPS) is 16.9. The molecule has 28 heavy (non-hydrogen) atoms. The monoisotopic (exact) mass is 382 g/mol. The molecule has 0 radical (unpaired) electrons. The minimum absolute atomic E-state index is 0.0641. The standard InChI is InChI=1S/C25H34O3/c26-24-17-15-23(16-18-24)22-13-11-21(12-14-22)9-5-3-1-2-4-7-19-27-25-10-6-8-20-28-25/h11-18,25-26H,1-10,19-20H2. The van der Waals surface area contributed by atoms with E-state index in [2.05, 4.69) is 24.3 Å². The van der Waals surface area contributed by atoms with Gasteiger partial charge >= 0.3 is 0 Å². The van der Waals surface area contributed by atoms with Crippen molar-refractivity contribution in [2.75, 3.05) is 13.2 Å². The van der Waals surface area contributed by atoms with Crippen LogP contribution in [0.2, 0.25) is 0 Å². The van der Waals surface area contributed by atoms with Gasteiger partial charge in [-0.15, -0.1) is 0 Å². The molecule has 1 N–H and O–H groups in total. The lowest BCUT2D eigenvalue weighted by atomic mass is 10.0. The minimum Gasteiger partial charge on any atom is -0.508 e. The van der Waals surface area contributed by atoms with Gasteiger partial charge in [0.1, 0.15) is 5.75 Å². The summed E-state index contributed by atoms with van der Waals surface area (Å²) in [6.07, 6.45) is 12.3. The highest BCUT2D eigenvalue weighted by atomic mass is 16.7. The predicted molar refractivity (Wildman–Crippen MR) is 114 cm³/mol. The van der Waals surface area contributed by atoms with Crippen LogP contribution in [0.3, 0.4) is 0 Å². The average Bonchev–Trinajstić information content (AvgIpc) is 2.74. The Morgan fingerprint density at radius 3 is 2.11 bits per heavy atom. The molecule has 1 fully saturated rings. The van der Waals surface area contributed by atoms with Gasteiger partial charge in [-0.05, 0) is 67.3 Å². The summed E-state index contributed by atoms with van der Waals surface area (Å²) in [6, 6.07) is 16.2. The van der Waals surface area contributed by atoms with Crippen LogP contribution in [-0.2, 0) is 15.9 Å². The van der Waals surface area contributed by atoms with Gasteiger partial charge in [-0.1, -0.05) is 62.1 Å². The molecule has 0 spiro atoms. The number of phenols is 1. The number of ether oxygens (including phenoxy) is 2. The molecule has 2 aromatic carbocycles. The average molecular weight is 383 g/mol. The van der Waals surface area contributed by atoms with Crippen molar-refractivity contribution in [3.8, 4) is 16.9 Å². The van der Waals surface area contributed by atoms with Gasteiger partial charge in [-0.25, -0.2) is 0 Å². The summed E-state index contributed by atoms with van der Waals surface area (Å²) >= 11 is 0. The van der Waals surface area contributed by atoms with Crippen LogP contribution >= 0.6 is 0 Å². The Bertz CT molecular complexity index is 657. The summed E-state index contributed by atoms with van der Waals surface area (Å²) in [5.74, 6) is 0.311. The molecule has 1 heterocycles. The second-order valence-electron chi connectivity index (χ2n) is 7.78. The maximum Gasteiger partial charge on any atom is 0.157 e. The number of phenolic OH excluding ortho intramolecular Hbond substituents is 1. The van der Waals surface area contributed by atoms with Gasteiger partial charge in [0.25, 0.3) is 0 Å². The molecule has 1 unspecified atom stereocenters. The summed E-state index contributed by atoms with van der Waals surface area (Å²) < 4.78 is 11.4. The van der Waals surface area contributed by atoms with Gasteiger partial charge in [-0.3, -0.25) is 0 Å². The van der Waals surface area contributed by atoms with Crippen LogP contribution in [-0.4, -0.2) is 24.6 Å². The van der Waals surface area contributed by atoms with Gasteiger partial charge in [0.2, 0.25) is 0 Å². The molecule has 0 aromatic heterocycles. The summed E-state index contributed by atoms with van der Waals surface area (Å²) in [5, 5.41) is 9.39. The maximum absolute atomic E-state index is 9.39. The minimum atomic E-state index is 0.0641. The van der Waals surface area contributed by atoms with Crippen molar-refractivity contribution in [2.24, 2.45) is 0 Å². The lowest BCUT2D eigenvalue weighted by Gasteiger charge is -2.22. The molecule has 3 rings (SSSR count). The van der Waals surface area contributed by atoms with Crippen LogP contribution in [0, 0.1) is 0 Å². The highest BCUT2D eigenvalue weighted by molar-refractivity contribution is 5.64. The van der Waals surface area contributed by atoms with Gasteiger partial charge in [0, 0.05) is 13.2 Å². The summed E-state index contributed by atoms with van der Waals surface area (Å²) in [4.78, 5) is 0. The first-order chi connectivity index (χ1) is 13.8. The highest BCUT2D eigenvalue weighted by Gasteiger charge is 2.13. The van der Waals surface area contributed by atoms with E-state index in [1.54, 1.807) is 12.1 Å². The van der Waals surface area contributed by atoms with Gasteiger partial charge in [0.05, 0.1) is 0 Å². The molecule has 0 aliphatic carbocycles. The second kappa shape index (κ2) is 11.9. The van der Waals surface area contributed by atoms with E-state index in [0.717, 1.165) is 38.0 Å². The number of unbranched alkanes of at least 4 members (excludes halogenated alkanes) is 5. The molecule has 0 amide bonds. The third-order valence-electron chi connectivity index (χ3n) is 5.46. The van der Waals surface area contributed by atoms with Crippen molar-refractivity contribution in [3.63, 3.8) is 0 Å². The van der Waals surface area contributed by atoms with Crippen LogP contribution in [0.25, 0.3) is 11.1 Å². The molecule has 3 nitrogen and oxygen atoms in total. The Kier molecular flexibility index (Phi) is 8.86. The van der Waals surface area contributed by atoms with Crippen molar-refractivity contribution < 1.29 is 14.6 Å². The van der Waals surface area contributed by atoms with Crippen molar-refractivity contribution in [1.29, 1.82) is 0 Å². The Morgan fingerprint density at radius 2 is 1.43 bits per heavy atom. The molecule has 3 heteroatoms. The van der Waals surface area contributed by atoms with Crippen LogP contribution in [0.1, 0.15) is 63.4 Å². The molecule has 1 aliphatic rings. The van der Waals surface area contributed by atoms with E-state index < -0.39 is 0 Å². The van der Waals surface area contributed by atoms with Gasteiger partial charge in [-0.2, -0.15) is 0 Å². The number of rotatable bonds is 11. The molecule has 1 saturated heterocycles. The van der Waals surface area contributed by atoms with Crippen LogP contribution < -0.4 is 0 Å². The van der Waals surface area contributed by atoms with E-state index in [1.165, 1.54) is 56.1 Å². The van der Waals surface area contributed by atoms with Crippen molar-refractivity contribution in [2.45, 2.75) is 70.5 Å². The lowest BCUT2D eigenvalue weighted by molar-refractivity contribution is -0.162. The van der Waals surface area contributed by atoms with Crippen LogP contribution in [0.4, 0.5) is 0 Å². The first kappa shape index (κ1) is 20.9. The zero-order chi connectivity index (χ0) is 19.4. The van der Waals surface area contributed by atoms with Gasteiger partial charge in [0.15, 0.2) is 6.29 Å². The van der Waals surface area contributed by atoms with Crippen molar-refractivity contribution in [1.82, 2.24) is 0 Å². The second-order valence-corrected chi connectivity index (χ2v) is 7.78. The number of hydrogen-bond donors (Lipinski definition) is 1. The fourth-order valence-corrected chi connectivity index (χ4v) is 3.71. The Balaban J connectivity index is 1.22. The Labute approximate surface area is 169 Å². The van der Waals surface area contributed by atoms with E-state index >= 15 is 0 Å². The maximum atomic E-state index is 9.39. The number of hydrogen-bond acceptors (Lipinski definition) is 3. The fraction of sp³-hybridized carbons (Fsp3) is 0.520. The smallest absolute Gasteiger partial charge is 0.157 e. The van der Waals surface area contributed by atoms with E-state index in [-0.39, 0.29) is 6.29 Å². The van der Waals surface area contributed by atoms with E-state index in [1.807, 2.05) is 12.1 Å². The summed E-state index contributed by atoms with van der Waals surface area (Å²) in [6.45, 7) is 1.71. The fourth-order valence-electron chi connectivity index (χ4n) is 3.71. The predicted octanol–water partition coefficient (Wildman–Crippen LogP) is 6.49. The zero-order valence-electron chi connectivity index (χ0n) is 16.9. The highest BCUT2D eigenvalue weighted by Crippen LogP contribution is 2.23. The Morgan fingerprint density at radius 1 is 0.786 bits per heavy atom. The van der Waals surface area contributed by atoms with E-state index in [9.17, 15) is 5.11 Å². The number of benzene rings is 2. The quantitative estimate of drug-likeness (QED) is 0.452. The molecule has 152 valence electrons. The SMILES string of the molecule is Oc1ccc(-c2ccc(CCCCCCCCOC3CCCCO3)cc2)cc1. The van der Waals surface area contributed by atoms with Crippen molar-refractivity contribution in [3.05, 3.63) is 54.1 Å². The first-order valence-corrected chi connectivity index (χ1v) is 10.9. The molecule has 0 saturated carbocycles. The zero-order valence-corrected chi connectivity index (χ0v) is 16.9. The Hall–Kier alpha value is -1.84. The largest absolute Gasteiger partial charge is 0.508 e. The molecular formula is C25H34O3. The van der Waals surface area contributed by atoms with E-state index in [0.29, 0.717) is 5.75 Å². The number of aromatic hydroxyl groups is 1. The summed E-state index contributed by atoms with van der Waals surface area (Å²) in [5.41, 5.74) is 3.75. The summed E-state index contributed by atoms with van der Waals surface area (Å²) in [7, 11) is 0. The van der Waals surface area contributed by atoms with Crippen molar-refractivity contribution >= 4 is 0 Å². The number of aryl methyl sites for hydroxylation is 1. The van der Waals surface area contributed by atoms with E-state index in [4.69, 9.17) is 9.47 Å².